The molecule has 0 radical (unpaired) electrons. The van der Waals surface area contributed by atoms with Crippen LogP contribution in [0.5, 0.6) is 0 Å². The number of pyridine rings is 1. The summed E-state index contributed by atoms with van der Waals surface area (Å²) in [5.74, 6) is 0. The summed E-state index contributed by atoms with van der Waals surface area (Å²) in [5.41, 5.74) is 8.29. The van der Waals surface area contributed by atoms with Gasteiger partial charge in [-0.15, -0.1) is 0 Å². The lowest BCUT2D eigenvalue weighted by Gasteiger charge is -2.06. The lowest BCUT2D eigenvalue weighted by atomic mass is 10.1. The van der Waals surface area contributed by atoms with Crippen molar-refractivity contribution in [3.63, 3.8) is 0 Å². The highest BCUT2D eigenvalue weighted by Gasteiger charge is 2.06. The maximum Gasteiger partial charge on any atom is 0.253 e. The smallest absolute Gasteiger partial charge is 0.253 e. The largest absolute Gasteiger partial charge is 0.324 e. The third-order valence-corrected chi connectivity index (χ3v) is 2.52. The number of hydrogen-bond acceptors (Lipinski definition) is 2. The lowest BCUT2D eigenvalue weighted by Crippen LogP contribution is -2.19. The molecule has 3 N–H and O–H groups in total. The second-order valence-electron chi connectivity index (χ2n) is 3.93. The Balaban J connectivity index is 2.77. The molecule has 3 nitrogen and oxygen atoms in total. The zero-order valence-electron chi connectivity index (χ0n) is 8.87. The predicted octanol–water partition coefficient (Wildman–Crippen LogP) is 1.86. The first kappa shape index (κ1) is 9.93. The summed E-state index contributed by atoms with van der Waals surface area (Å²) in [6.45, 7) is 3.84. The number of nitrogens with one attached hydrogen (secondary N) is 1. The lowest BCUT2D eigenvalue weighted by molar-refractivity contribution is 0.804. The van der Waals surface area contributed by atoms with E-state index in [2.05, 4.69) is 4.98 Å². The van der Waals surface area contributed by atoms with Crippen LogP contribution in [0.1, 0.15) is 24.1 Å². The molecule has 15 heavy (non-hydrogen) atoms. The van der Waals surface area contributed by atoms with Crippen molar-refractivity contribution in [1.29, 1.82) is 0 Å². The Bertz CT molecular complexity index is 555. The third-order valence-electron chi connectivity index (χ3n) is 2.52. The molecule has 0 aliphatic rings. The SMILES string of the molecule is Cc1ccc2[nH]c(=O)c(C(C)N)cc2c1. The van der Waals surface area contributed by atoms with Gasteiger partial charge in [-0.1, -0.05) is 11.6 Å². The second-order valence-corrected chi connectivity index (χ2v) is 3.93. The number of aromatic nitrogens is 1. The van der Waals surface area contributed by atoms with Gasteiger partial charge >= 0.3 is 0 Å². The summed E-state index contributed by atoms with van der Waals surface area (Å²) < 4.78 is 0. The van der Waals surface area contributed by atoms with Crippen LogP contribution in [0, 0.1) is 6.92 Å². The van der Waals surface area contributed by atoms with Crippen LogP contribution in [0.15, 0.2) is 29.1 Å². The summed E-state index contributed by atoms with van der Waals surface area (Å²) >= 11 is 0. The molecule has 0 spiro atoms. The first-order chi connectivity index (χ1) is 7.08. The monoisotopic (exact) mass is 202 g/mol. The molecule has 0 amide bonds. The number of hydrogen-bond donors (Lipinski definition) is 2. The van der Waals surface area contributed by atoms with Gasteiger partial charge in [0.1, 0.15) is 0 Å². The van der Waals surface area contributed by atoms with Crippen molar-refractivity contribution >= 4 is 10.9 Å². The van der Waals surface area contributed by atoms with E-state index in [-0.39, 0.29) is 11.6 Å². The van der Waals surface area contributed by atoms with E-state index in [1.54, 1.807) is 0 Å². The normalized spacial score (nSPS) is 13.0. The fourth-order valence-corrected chi connectivity index (χ4v) is 1.68. The van der Waals surface area contributed by atoms with Gasteiger partial charge in [-0.3, -0.25) is 4.79 Å². The highest BCUT2D eigenvalue weighted by Crippen LogP contribution is 2.15. The molecule has 2 aromatic rings. The Kier molecular flexibility index (Phi) is 2.32. The molecule has 0 saturated carbocycles. The molecule has 1 aromatic heterocycles. The van der Waals surface area contributed by atoms with E-state index in [0.29, 0.717) is 5.56 Å². The van der Waals surface area contributed by atoms with Crippen molar-refractivity contribution in [3.05, 3.63) is 45.7 Å². The van der Waals surface area contributed by atoms with Crippen LogP contribution in [-0.2, 0) is 0 Å². The number of aromatic amines is 1. The molecular weight excluding hydrogens is 188 g/mol. The van der Waals surface area contributed by atoms with Crippen LogP contribution in [0.25, 0.3) is 10.9 Å². The summed E-state index contributed by atoms with van der Waals surface area (Å²) in [6.07, 6.45) is 0. The van der Waals surface area contributed by atoms with Crippen molar-refractivity contribution < 1.29 is 0 Å². The number of aryl methyl sites for hydroxylation is 1. The number of H-pyrrole nitrogens is 1. The van der Waals surface area contributed by atoms with Gasteiger partial charge in [0.2, 0.25) is 0 Å². The Morgan fingerprint density at radius 1 is 1.33 bits per heavy atom. The van der Waals surface area contributed by atoms with Crippen LogP contribution >= 0.6 is 0 Å². The van der Waals surface area contributed by atoms with E-state index < -0.39 is 0 Å². The molecule has 1 atom stereocenters. The van der Waals surface area contributed by atoms with Gasteiger partial charge in [0.25, 0.3) is 5.56 Å². The molecule has 0 saturated heterocycles. The van der Waals surface area contributed by atoms with Gasteiger partial charge in [-0.2, -0.15) is 0 Å². The van der Waals surface area contributed by atoms with Gasteiger partial charge in [0.05, 0.1) is 0 Å². The molecule has 0 aliphatic carbocycles. The van der Waals surface area contributed by atoms with E-state index in [0.717, 1.165) is 10.9 Å². The average molecular weight is 202 g/mol. The number of rotatable bonds is 1. The maximum atomic E-state index is 11.6. The predicted molar refractivity (Wildman–Crippen MR) is 61.9 cm³/mol. The van der Waals surface area contributed by atoms with Crippen molar-refractivity contribution in [2.45, 2.75) is 19.9 Å². The molecule has 3 heteroatoms. The highest BCUT2D eigenvalue weighted by molar-refractivity contribution is 5.79. The molecule has 2 rings (SSSR count). The Morgan fingerprint density at radius 2 is 2.07 bits per heavy atom. The van der Waals surface area contributed by atoms with Crippen molar-refractivity contribution in [3.8, 4) is 0 Å². The summed E-state index contributed by atoms with van der Waals surface area (Å²) in [6, 6.07) is 7.56. The molecule has 1 heterocycles. The standard InChI is InChI=1S/C12H14N2O/c1-7-3-4-11-9(5-7)6-10(8(2)13)12(15)14-11/h3-6,8H,13H2,1-2H3,(H,14,15). The zero-order chi connectivity index (χ0) is 11.0. The second kappa shape index (κ2) is 3.51. The van der Waals surface area contributed by atoms with E-state index in [4.69, 9.17) is 5.73 Å². The maximum absolute atomic E-state index is 11.6. The summed E-state index contributed by atoms with van der Waals surface area (Å²) in [7, 11) is 0. The average Bonchev–Trinajstić information content (AvgIpc) is 2.17. The Morgan fingerprint density at radius 3 is 2.73 bits per heavy atom. The molecular formula is C12H14N2O. The fourth-order valence-electron chi connectivity index (χ4n) is 1.68. The zero-order valence-corrected chi connectivity index (χ0v) is 8.87. The topological polar surface area (TPSA) is 58.9 Å². The third kappa shape index (κ3) is 1.78. The van der Waals surface area contributed by atoms with Crippen molar-refractivity contribution in [1.82, 2.24) is 4.98 Å². The number of benzene rings is 1. The van der Waals surface area contributed by atoms with E-state index in [1.807, 2.05) is 38.1 Å². The first-order valence-electron chi connectivity index (χ1n) is 4.97. The Labute approximate surface area is 87.9 Å². The first-order valence-corrected chi connectivity index (χ1v) is 4.97. The van der Waals surface area contributed by atoms with Gasteiger partial charge in [-0.25, -0.2) is 0 Å². The van der Waals surface area contributed by atoms with Gasteiger partial charge in [0, 0.05) is 17.1 Å². The Hall–Kier alpha value is -1.61. The molecule has 1 unspecified atom stereocenters. The van der Waals surface area contributed by atoms with E-state index >= 15 is 0 Å². The van der Waals surface area contributed by atoms with Crippen LogP contribution in [-0.4, -0.2) is 4.98 Å². The number of fused-ring (bicyclic) bond motifs is 1. The minimum atomic E-state index is -0.237. The highest BCUT2D eigenvalue weighted by atomic mass is 16.1. The summed E-state index contributed by atoms with van der Waals surface area (Å²) in [5, 5.41) is 1.03. The summed E-state index contributed by atoms with van der Waals surface area (Å²) in [4.78, 5) is 14.5. The molecule has 0 bridgehead atoms. The van der Waals surface area contributed by atoms with Gasteiger partial charge < -0.3 is 10.7 Å². The van der Waals surface area contributed by atoms with Crippen molar-refractivity contribution in [2.75, 3.05) is 0 Å². The minimum Gasteiger partial charge on any atom is -0.324 e. The fraction of sp³-hybridized carbons (Fsp3) is 0.250. The van der Waals surface area contributed by atoms with Crippen LogP contribution in [0.4, 0.5) is 0 Å². The van der Waals surface area contributed by atoms with Crippen LogP contribution in [0.2, 0.25) is 0 Å². The van der Waals surface area contributed by atoms with Gasteiger partial charge in [0.15, 0.2) is 0 Å². The van der Waals surface area contributed by atoms with Crippen LogP contribution in [0.3, 0.4) is 0 Å². The number of nitrogens with two attached hydrogens (primary N) is 1. The van der Waals surface area contributed by atoms with Gasteiger partial charge in [-0.05, 0) is 37.4 Å². The van der Waals surface area contributed by atoms with Crippen molar-refractivity contribution in [2.24, 2.45) is 5.73 Å². The molecule has 0 aliphatic heterocycles. The van der Waals surface area contributed by atoms with E-state index in [9.17, 15) is 4.79 Å². The quantitative estimate of drug-likeness (QED) is 0.741. The van der Waals surface area contributed by atoms with E-state index in [1.165, 1.54) is 5.56 Å². The molecule has 0 fully saturated rings. The van der Waals surface area contributed by atoms with Crippen LogP contribution < -0.4 is 11.3 Å². The molecule has 1 aromatic carbocycles. The molecule has 78 valence electrons. The minimum absolute atomic E-state index is 0.0960.